The van der Waals surface area contributed by atoms with Crippen LogP contribution >= 0.6 is 0 Å². The maximum atomic E-state index is 12.9. The molecule has 0 spiro atoms. The summed E-state index contributed by atoms with van der Waals surface area (Å²) in [5.41, 5.74) is 0.875. The number of hydrogen-bond donors (Lipinski definition) is 2. The number of nitrogens with zero attached hydrogens (tertiary/aromatic N) is 2. The van der Waals surface area contributed by atoms with Crippen LogP contribution in [0.15, 0.2) is 41.1 Å². The van der Waals surface area contributed by atoms with Gasteiger partial charge in [-0.3, -0.25) is 4.79 Å². The summed E-state index contributed by atoms with van der Waals surface area (Å²) < 4.78 is 50.9. The van der Waals surface area contributed by atoms with Crippen LogP contribution in [0.5, 0.6) is 0 Å². The first kappa shape index (κ1) is 13.5. The number of oxazole rings is 1. The molecule has 0 atom stereocenters. The Morgan fingerprint density at radius 3 is 2.69 bits per heavy atom. The van der Waals surface area contributed by atoms with E-state index < -0.39 is 19.7 Å². The molecule has 0 bridgehead atoms. The van der Waals surface area contributed by atoms with Crippen LogP contribution < -0.4 is 10.6 Å². The van der Waals surface area contributed by atoms with Crippen molar-refractivity contribution in [2.75, 3.05) is 5.32 Å². The normalized spacial score (nSPS) is 23.5. The number of carbonyl (C=O) groups is 1. The molecule has 1 aromatic carbocycles. The molecule has 2 N–H and O–H groups in total. The largest absolute Gasteiger partial charge is 0.441 e. The van der Waals surface area contributed by atoms with Gasteiger partial charge in [-0.15, -0.1) is 0 Å². The Kier molecular flexibility index (Phi) is 3.87. The molecule has 1 amide bonds. The summed E-state index contributed by atoms with van der Waals surface area (Å²) in [6, 6.07) is 5.78. The first-order valence-corrected chi connectivity index (χ1v) is 9.80. The van der Waals surface area contributed by atoms with Crippen molar-refractivity contribution in [3.63, 3.8) is 0 Å². The second kappa shape index (κ2) is 8.33. The van der Waals surface area contributed by atoms with E-state index in [4.69, 9.17) is 12.6 Å². The van der Waals surface area contributed by atoms with Crippen LogP contribution in [-0.2, 0) is 4.79 Å². The Hall–Kier alpha value is -2.73. The van der Waals surface area contributed by atoms with Crippen molar-refractivity contribution in [2.24, 2.45) is 5.92 Å². The zero-order valence-electron chi connectivity index (χ0n) is 22.2. The average Bonchev–Trinajstić information content (AvgIpc) is 3.22. The average molecular weight is 399 g/mol. The van der Waals surface area contributed by atoms with Crippen molar-refractivity contribution >= 4 is 22.5 Å². The first-order chi connectivity index (χ1) is 16.4. The third-order valence-corrected chi connectivity index (χ3v) is 5.38. The third-order valence-electron chi connectivity index (χ3n) is 5.38. The van der Waals surface area contributed by atoms with Gasteiger partial charge in [-0.2, -0.15) is 0 Å². The highest BCUT2D eigenvalue weighted by molar-refractivity contribution is 5.94. The molecule has 1 aliphatic rings. The van der Waals surface area contributed by atoms with Crippen LogP contribution in [-0.4, -0.2) is 28.0 Å². The molecular weight excluding hydrogens is 364 g/mol. The van der Waals surface area contributed by atoms with E-state index >= 15 is 0 Å². The second-order valence-electron chi connectivity index (χ2n) is 7.51. The number of rotatable bonds is 5. The molecule has 2 aromatic heterocycles. The Morgan fingerprint density at radius 2 is 1.97 bits per heavy atom. The van der Waals surface area contributed by atoms with Crippen LogP contribution in [0.4, 0.5) is 5.82 Å². The van der Waals surface area contributed by atoms with Gasteiger partial charge < -0.3 is 15.1 Å². The minimum atomic E-state index is -2.63. The minimum absolute atomic E-state index is 0.152. The number of carbonyl (C=O) groups excluding carboxylic acids is 1. The smallest absolute Gasteiger partial charge is 0.228 e. The van der Waals surface area contributed by atoms with Crippen LogP contribution in [0.25, 0.3) is 22.1 Å². The summed E-state index contributed by atoms with van der Waals surface area (Å²) in [7, 11) is 0. The number of nitrogens with one attached hydrogen (secondary N) is 2. The molecule has 6 heteroatoms. The SMILES string of the molecule is [2H]C([2H])([2H])C(N[C@H]1CC[C@H](C(=O)Nc2cc3cc(-c4cnc(C)o4)ccc3cn2)CC1)C([2H])([2H])[2H]. The molecule has 152 valence electrons. The lowest BCUT2D eigenvalue weighted by molar-refractivity contribution is -0.120. The number of hydrogen-bond acceptors (Lipinski definition) is 5. The van der Waals surface area contributed by atoms with Gasteiger partial charge in [-0.25, -0.2) is 9.97 Å². The van der Waals surface area contributed by atoms with Crippen LogP contribution in [0.1, 0.15) is 53.5 Å². The summed E-state index contributed by atoms with van der Waals surface area (Å²) in [6.45, 7) is -3.48. The number of amides is 1. The lowest BCUT2D eigenvalue weighted by atomic mass is 9.85. The zero-order chi connectivity index (χ0) is 25.4. The van der Waals surface area contributed by atoms with Gasteiger partial charge >= 0.3 is 0 Å². The molecule has 3 aromatic rings. The lowest BCUT2D eigenvalue weighted by Crippen LogP contribution is -2.39. The van der Waals surface area contributed by atoms with Gasteiger partial charge in [0, 0.05) is 50.3 Å². The van der Waals surface area contributed by atoms with E-state index in [1.807, 2.05) is 24.3 Å². The molecule has 6 nitrogen and oxygen atoms in total. The number of aryl methyl sites for hydroxylation is 1. The summed E-state index contributed by atoms with van der Waals surface area (Å²) in [4.78, 5) is 21.3. The van der Waals surface area contributed by atoms with Crippen molar-refractivity contribution in [1.29, 1.82) is 0 Å². The zero-order valence-corrected chi connectivity index (χ0v) is 16.2. The van der Waals surface area contributed by atoms with Crippen molar-refractivity contribution in [2.45, 2.75) is 58.4 Å². The van der Waals surface area contributed by atoms with Crippen molar-refractivity contribution in [1.82, 2.24) is 15.3 Å². The molecule has 4 rings (SSSR count). The lowest BCUT2D eigenvalue weighted by Gasteiger charge is -2.29. The van der Waals surface area contributed by atoms with Gasteiger partial charge in [0.25, 0.3) is 0 Å². The fourth-order valence-corrected chi connectivity index (χ4v) is 3.84. The highest BCUT2D eigenvalue weighted by Crippen LogP contribution is 2.28. The summed E-state index contributed by atoms with van der Waals surface area (Å²) >= 11 is 0. The highest BCUT2D eigenvalue weighted by Gasteiger charge is 2.26. The molecule has 2 heterocycles. The quantitative estimate of drug-likeness (QED) is 0.651. The molecule has 29 heavy (non-hydrogen) atoms. The Morgan fingerprint density at radius 1 is 1.14 bits per heavy atom. The standard InChI is InChI=1S/C23H28N4O2/c1-14(2)26-20-8-6-16(7-9-20)23(28)27-22-11-19-10-17(4-5-18(19)12-25-22)21-13-24-15(3)29-21/h4-5,10-14,16,20,26H,6-9H2,1-3H3,(H,25,27,28)/t16-,20-/i1D3,2D3. The third kappa shape index (κ3) is 4.65. The number of aromatic nitrogens is 2. The molecule has 0 unspecified atom stereocenters. The topological polar surface area (TPSA) is 80.0 Å². The predicted molar refractivity (Wildman–Crippen MR) is 115 cm³/mol. The van der Waals surface area contributed by atoms with Gasteiger partial charge in [0.1, 0.15) is 5.82 Å². The van der Waals surface area contributed by atoms with E-state index in [9.17, 15) is 4.79 Å². The molecule has 0 saturated heterocycles. The van der Waals surface area contributed by atoms with E-state index in [1.54, 1.807) is 19.3 Å². The van der Waals surface area contributed by atoms with Gasteiger partial charge in [0.05, 0.1) is 6.20 Å². The summed E-state index contributed by atoms with van der Waals surface area (Å²) in [5, 5.41) is 7.51. The second-order valence-corrected chi connectivity index (χ2v) is 7.51. The Balaban J connectivity index is 1.38. The fourth-order valence-electron chi connectivity index (χ4n) is 3.84. The molecule has 1 fully saturated rings. The van der Waals surface area contributed by atoms with Crippen LogP contribution in [0.2, 0.25) is 0 Å². The Labute approximate surface area is 179 Å². The molecule has 0 radical (unpaired) electrons. The first-order valence-electron chi connectivity index (χ1n) is 12.8. The van der Waals surface area contributed by atoms with Crippen molar-refractivity contribution in [3.8, 4) is 11.3 Å². The maximum absolute atomic E-state index is 12.9. The highest BCUT2D eigenvalue weighted by atomic mass is 16.4. The monoisotopic (exact) mass is 398 g/mol. The molecule has 1 saturated carbocycles. The van der Waals surface area contributed by atoms with Gasteiger partial charge in [-0.05, 0) is 43.2 Å². The number of fused-ring (bicyclic) bond motifs is 1. The van der Waals surface area contributed by atoms with Crippen molar-refractivity contribution in [3.05, 3.63) is 42.5 Å². The van der Waals surface area contributed by atoms with Crippen LogP contribution in [0, 0.1) is 12.8 Å². The number of benzene rings is 1. The number of anilines is 1. The van der Waals surface area contributed by atoms with Crippen LogP contribution in [0.3, 0.4) is 0 Å². The van der Waals surface area contributed by atoms with E-state index in [1.165, 1.54) is 0 Å². The van der Waals surface area contributed by atoms with Gasteiger partial charge in [0.2, 0.25) is 5.91 Å². The van der Waals surface area contributed by atoms with E-state index in [0.717, 1.165) is 16.3 Å². The van der Waals surface area contributed by atoms with Crippen molar-refractivity contribution < 1.29 is 17.4 Å². The molecular formula is C23H28N4O2. The summed E-state index contributed by atoms with van der Waals surface area (Å²) in [5.74, 6) is 1.28. The molecule has 1 aliphatic carbocycles. The summed E-state index contributed by atoms with van der Waals surface area (Å²) in [6.07, 6.45) is 5.47. The number of pyridine rings is 1. The maximum Gasteiger partial charge on any atom is 0.228 e. The molecule has 0 aliphatic heterocycles. The van der Waals surface area contributed by atoms with Gasteiger partial charge in [-0.1, -0.05) is 25.8 Å². The minimum Gasteiger partial charge on any atom is -0.441 e. The van der Waals surface area contributed by atoms with E-state index in [2.05, 4.69) is 20.6 Å². The predicted octanol–water partition coefficient (Wildman–Crippen LogP) is 4.69. The van der Waals surface area contributed by atoms with E-state index in [-0.39, 0.29) is 17.9 Å². The van der Waals surface area contributed by atoms with E-state index in [0.29, 0.717) is 43.2 Å². The van der Waals surface area contributed by atoms with Gasteiger partial charge in [0.15, 0.2) is 11.7 Å². The Bertz CT molecular complexity index is 1180. The fraction of sp³-hybridized carbons (Fsp3) is 0.435.